The van der Waals surface area contributed by atoms with Crippen LogP contribution in [0.5, 0.6) is 11.5 Å². The number of rotatable bonds is 10. The molecule has 1 atom stereocenters. The van der Waals surface area contributed by atoms with E-state index in [0.717, 1.165) is 5.56 Å². The molecule has 36 heavy (non-hydrogen) atoms. The Kier molecular flexibility index (Phi) is 8.06. The maximum Gasteiger partial charge on any atom is 0.338 e. The second-order valence-corrected chi connectivity index (χ2v) is 9.53. The Morgan fingerprint density at radius 1 is 1.22 bits per heavy atom. The third kappa shape index (κ3) is 5.60. The van der Waals surface area contributed by atoms with Gasteiger partial charge in [0.2, 0.25) is 11.0 Å². The first-order valence-electron chi connectivity index (χ1n) is 10.9. The first-order valence-corrected chi connectivity index (χ1v) is 12.9. The molecule has 188 valence electrons. The lowest BCUT2D eigenvalue weighted by Crippen LogP contribution is -2.15. The Bertz CT molecular complexity index is 1340. The fourth-order valence-corrected chi connectivity index (χ4v) is 5.29. The minimum Gasteiger partial charge on any atom is -0.507 e. The molecule has 2 heterocycles. The monoisotopic (exact) mass is 527 g/mol. The first kappa shape index (κ1) is 25.5. The molecule has 0 saturated heterocycles. The van der Waals surface area contributed by atoms with E-state index in [9.17, 15) is 9.90 Å². The van der Waals surface area contributed by atoms with Crippen molar-refractivity contribution in [3.05, 3.63) is 64.8 Å². The first-order chi connectivity index (χ1) is 17.4. The number of benzene rings is 2. The lowest BCUT2D eigenvalue weighted by molar-refractivity contribution is 0.0598. The lowest BCUT2D eigenvalue weighted by Gasteiger charge is -2.17. The molecular weight excluding hydrogens is 502 g/mol. The number of nitrogens with zero attached hydrogens (tertiary/aromatic N) is 4. The number of phenolic OH excluding ortho intramolecular Hbond substituents is 1. The van der Waals surface area contributed by atoms with E-state index in [0.29, 0.717) is 51.1 Å². The van der Waals surface area contributed by atoms with Gasteiger partial charge in [0, 0.05) is 45.8 Å². The number of carbonyl (C=O) groups is 1. The highest BCUT2D eigenvalue weighted by Gasteiger charge is 2.24. The van der Waals surface area contributed by atoms with Gasteiger partial charge in [-0.05, 0) is 13.8 Å². The molecule has 2 aromatic carbocycles. The molecule has 2 N–H and O–H groups in total. The van der Waals surface area contributed by atoms with Crippen molar-refractivity contribution in [1.29, 1.82) is 0 Å². The van der Waals surface area contributed by atoms with Gasteiger partial charge in [0.15, 0.2) is 11.6 Å². The van der Waals surface area contributed by atoms with Gasteiger partial charge in [-0.1, -0.05) is 35.5 Å². The normalized spacial score (nSPS) is 11.8. The zero-order valence-corrected chi connectivity index (χ0v) is 21.8. The highest BCUT2D eigenvalue weighted by Crippen LogP contribution is 2.36. The van der Waals surface area contributed by atoms with Crippen molar-refractivity contribution < 1.29 is 23.9 Å². The van der Waals surface area contributed by atoms with Crippen molar-refractivity contribution >= 4 is 34.4 Å². The van der Waals surface area contributed by atoms with Crippen LogP contribution in [-0.2, 0) is 10.5 Å². The zero-order valence-electron chi connectivity index (χ0n) is 20.1. The number of thioether (sulfide) groups is 1. The van der Waals surface area contributed by atoms with Crippen molar-refractivity contribution in [2.45, 2.75) is 25.6 Å². The number of phenols is 1. The zero-order chi connectivity index (χ0) is 25.7. The summed E-state index contributed by atoms with van der Waals surface area (Å²) in [6.45, 7) is 3.50. The number of methoxy groups -OCH3 is 2. The largest absolute Gasteiger partial charge is 0.507 e. The van der Waals surface area contributed by atoms with E-state index in [1.807, 2.05) is 30.3 Å². The molecule has 0 fully saturated rings. The second kappa shape index (κ2) is 11.4. The van der Waals surface area contributed by atoms with Gasteiger partial charge < -0.3 is 24.4 Å². The molecule has 0 spiro atoms. The van der Waals surface area contributed by atoms with E-state index in [2.05, 4.69) is 24.8 Å². The molecule has 4 aromatic rings. The Morgan fingerprint density at radius 2 is 2.00 bits per heavy atom. The number of aryl methyl sites for hydroxylation is 1. The predicted molar refractivity (Wildman–Crippen MR) is 138 cm³/mol. The average molecular weight is 528 g/mol. The fraction of sp³-hybridized carbons (Fsp3) is 0.292. The van der Waals surface area contributed by atoms with Crippen LogP contribution in [0.1, 0.15) is 39.2 Å². The van der Waals surface area contributed by atoms with Crippen LogP contribution in [0.25, 0.3) is 11.4 Å². The van der Waals surface area contributed by atoms with E-state index in [4.69, 9.17) is 14.0 Å². The summed E-state index contributed by atoms with van der Waals surface area (Å²) in [5.41, 5.74) is 2.27. The van der Waals surface area contributed by atoms with Gasteiger partial charge in [-0.2, -0.15) is 26.1 Å². The highest BCUT2D eigenvalue weighted by molar-refractivity contribution is 7.98. The number of nitrogens with one attached hydrogen (secondary N) is 1. The van der Waals surface area contributed by atoms with Crippen molar-refractivity contribution in [2.75, 3.05) is 25.3 Å². The lowest BCUT2D eigenvalue weighted by atomic mass is 10.0. The van der Waals surface area contributed by atoms with Crippen molar-refractivity contribution in [3.63, 3.8) is 0 Å². The van der Waals surface area contributed by atoms with Gasteiger partial charge in [0.1, 0.15) is 17.5 Å². The summed E-state index contributed by atoms with van der Waals surface area (Å²) in [7, 11) is 2.79. The van der Waals surface area contributed by atoms with E-state index in [1.54, 1.807) is 13.8 Å². The average Bonchev–Trinajstić information content (AvgIpc) is 3.54. The smallest absolute Gasteiger partial charge is 0.338 e. The van der Waals surface area contributed by atoms with Gasteiger partial charge in [0.05, 0.1) is 19.8 Å². The highest BCUT2D eigenvalue weighted by atomic mass is 32.2. The minimum atomic E-state index is -0.540. The van der Waals surface area contributed by atoms with Crippen LogP contribution in [0, 0.1) is 13.8 Å². The number of carbonyl (C=O) groups excluding carboxylic acids is 1. The van der Waals surface area contributed by atoms with Crippen molar-refractivity contribution in [1.82, 2.24) is 19.5 Å². The van der Waals surface area contributed by atoms with Gasteiger partial charge in [-0.15, -0.1) is 0 Å². The second-order valence-electron chi connectivity index (χ2n) is 7.75. The molecule has 0 amide bonds. The minimum absolute atomic E-state index is 0.0416. The number of hydrogen-bond donors (Lipinski definition) is 2. The Balaban J connectivity index is 1.54. The SMILES string of the molecule is COC(=O)c1c(C)c(OC)cc(O)c1CSC[C@H](Nc1nc(-c2ccccc2)ns1)c1nc(C)no1. The number of hydrogen-bond acceptors (Lipinski definition) is 12. The summed E-state index contributed by atoms with van der Waals surface area (Å²) in [5.74, 6) is 2.18. The Hall–Kier alpha value is -3.64. The summed E-state index contributed by atoms with van der Waals surface area (Å²) in [5, 5.41) is 18.5. The van der Waals surface area contributed by atoms with Crippen LogP contribution < -0.4 is 10.1 Å². The standard InChI is InChI=1S/C24H25N5O5S2/c1-13-19(32-3)10-18(30)16(20(13)23(31)33-4)11-35-12-17(22-25-14(2)28-34-22)26-24-27-21(29-36-24)15-8-6-5-7-9-15/h5-10,17,30H,11-12H2,1-4H3,(H,26,27,29)/t17-/m0/s1. The Labute approximate surface area is 216 Å². The third-order valence-corrected chi connectivity index (χ3v) is 7.07. The quantitative estimate of drug-likeness (QED) is 0.276. The molecule has 4 rings (SSSR count). The maximum absolute atomic E-state index is 12.5. The van der Waals surface area contributed by atoms with Crippen molar-refractivity contribution in [2.24, 2.45) is 0 Å². The molecular formula is C24H25N5O5S2. The van der Waals surface area contributed by atoms with Gasteiger partial charge >= 0.3 is 5.97 Å². The molecule has 12 heteroatoms. The van der Waals surface area contributed by atoms with E-state index < -0.39 is 5.97 Å². The molecule has 0 aliphatic carbocycles. The van der Waals surface area contributed by atoms with Crippen LogP contribution in [0.15, 0.2) is 40.9 Å². The third-order valence-electron chi connectivity index (χ3n) is 5.36. The van der Waals surface area contributed by atoms with E-state index >= 15 is 0 Å². The molecule has 0 bridgehead atoms. The summed E-state index contributed by atoms with van der Waals surface area (Å²) < 4.78 is 20.1. The fourth-order valence-electron chi connectivity index (χ4n) is 3.58. The predicted octanol–water partition coefficient (Wildman–Crippen LogP) is 4.79. The molecule has 0 aliphatic rings. The summed E-state index contributed by atoms with van der Waals surface area (Å²) in [4.78, 5) is 21.5. The van der Waals surface area contributed by atoms with Crippen molar-refractivity contribution in [3.8, 4) is 22.9 Å². The number of esters is 1. The summed E-state index contributed by atoms with van der Waals surface area (Å²) in [6, 6.07) is 10.8. The summed E-state index contributed by atoms with van der Waals surface area (Å²) >= 11 is 2.71. The van der Waals surface area contributed by atoms with Gasteiger partial charge in [0.25, 0.3) is 0 Å². The molecule has 0 aliphatic heterocycles. The topological polar surface area (TPSA) is 132 Å². The number of anilines is 1. The number of aromatic hydroxyl groups is 1. The molecule has 0 saturated carbocycles. The maximum atomic E-state index is 12.5. The number of ether oxygens (including phenoxy) is 2. The number of aromatic nitrogens is 4. The summed E-state index contributed by atoms with van der Waals surface area (Å²) in [6.07, 6.45) is 0. The van der Waals surface area contributed by atoms with Crippen LogP contribution in [-0.4, -0.2) is 50.5 Å². The van der Waals surface area contributed by atoms with Crippen LogP contribution in [0.2, 0.25) is 0 Å². The van der Waals surface area contributed by atoms with E-state index in [1.165, 1.54) is 43.6 Å². The van der Waals surface area contributed by atoms with E-state index in [-0.39, 0.29) is 17.4 Å². The molecule has 2 aromatic heterocycles. The Morgan fingerprint density at radius 3 is 2.67 bits per heavy atom. The molecule has 10 nitrogen and oxygen atoms in total. The van der Waals surface area contributed by atoms with Gasteiger partial charge in [-0.25, -0.2) is 4.79 Å². The molecule has 0 radical (unpaired) electrons. The van der Waals surface area contributed by atoms with Crippen LogP contribution >= 0.6 is 23.3 Å². The van der Waals surface area contributed by atoms with Crippen LogP contribution in [0.3, 0.4) is 0 Å². The molecule has 0 unspecified atom stereocenters. The van der Waals surface area contributed by atoms with Crippen LogP contribution in [0.4, 0.5) is 5.13 Å². The van der Waals surface area contributed by atoms with Gasteiger partial charge in [-0.3, -0.25) is 0 Å².